The second-order valence-corrected chi connectivity index (χ2v) is 6.85. The molecule has 1 saturated heterocycles. The Bertz CT molecular complexity index is 820. The Hall–Kier alpha value is -2.74. The molecule has 1 fully saturated rings. The number of nitrogen functional groups attached to an aromatic ring is 1. The number of nitrogens with zero attached hydrogens (tertiary/aromatic N) is 5. The van der Waals surface area contributed by atoms with E-state index in [2.05, 4.69) is 27.0 Å². The molecule has 144 valence electrons. The zero-order valence-electron chi connectivity index (χ0n) is 15.9. The highest BCUT2D eigenvalue weighted by Gasteiger charge is 2.26. The van der Waals surface area contributed by atoms with Crippen LogP contribution in [0.1, 0.15) is 36.7 Å². The molecule has 1 aromatic carbocycles. The van der Waals surface area contributed by atoms with Gasteiger partial charge in [0, 0.05) is 19.6 Å². The van der Waals surface area contributed by atoms with Crippen LogP contribution in [0.5, 0.6) is 0 Å². The summed E-state index contributed by atoms with van der Waals surface area (Å²) in [5, 5.41) is 11.5. The van der Waals surface area contributed by atoms with Gasteiger partial charge in [-0.3, -0.25) is 15.0 Å². The zero-order chi connectivity index (χ0) is 19.4. The van der Waals surface area contributed by atoms with Crippen LogP contribution in [0.25, 0.3) is 0 Å². The first-order valence-corrected chi connectivity index (χ1v) is 9.32. The summed E-state index contributed by atoms with van der Waals surface area (Å²) >= 11 is 0. The Morgan fingerprint density at radius 3 is 2.52 bits per heavy atom. The maximum Gasteiger partial charge on any atom is 0.353 e. The lowest BCUT2D eigenvalue weighted by molar-refractivity contribution is -0.383. The van der Waals surface area contributed by atoms with Crippen molar-refractivity contribution in [3.63, 3.8) is 0 Å². The maximum atomic E-state index is 11.5. The van der Waals surface area contributed by atoms with E-state index in [9.17, 15) is 10.1 Å². The van der Waals surface area contributed by atoms with E-state index in [0.29, 0.717) is 18.9 Å². The number of rotatable bonds is 7. The van der Waals surface area contributed by atoms with Crippen molar-refractivity contribution in [2.24, 2.45) is 0 Å². The minimum absolute atomic E-state index is 0.0914. The number of nitro groups is 1. The lowest BCUT2D eigenvalue weighted by atomic mass is 10.1. The van der Waals surface area contributed by atoms with Crippen molar-refractivity contribution in [2.75, 3.05) is 30.3 Å². The number of likely N-dealkylation sites (tertiary alicyclic amines) is 1. The number of hydrogen-bond acceptors (Lipinski definition) is 7. The number of aromatic nitrogens is 2. The Morgan fingerprint density at radius 1 is 1.22 bits per heavy atom. The number of hydrogen-bond donors (Lipinski definition) is 1. The first-order chi connectivity index (χ1) is 13.0. The molecular formula is C19H26N6O2. The smallest absolute Gasteiger partial charge is 0.353 e. The van der Waals surface area contributed by atoms with E-state index < -0.39 is 4.92 Å². The van der Waals surface area contributed by atoms with Gasteiger partial charge < -0.3 is 10.6 Å². The van der Waals surface area contributed by atoms with Gasteiger partial charge in [-0.25, -0.2) is 9.97 Å². The zero-order valence-corrected chi connectivity index (χ0v) is 15.9. The summed E-state index contributed by atoms with van der Waals surface area (Å²) in [4.78, 5) is 23.7. The van der Waals surface area contributed by atoms with E-state index in [1.165, 1.54) is 18.4 Å². The van der Waals surface area contributed by atoms with Crippen LogP contribution in [0.3, 0.4) is 0 Å². The molecule has 2 heterocycles. The summed E-state index contributed by atoms with van der Waals surface area (Å²) in [6.07, 6.45) is 2.49. The molecule has 8 nitrogen and oxygen atoms in total. The van der Waals surface area contributed by atoms with E-state index in [1.54, 1.807) is 6.92 Å². The number of benzene rings is 1. The summed E-state index contributed by atoms with van der Waals surface area (Å²) in [5.41, 5.74) is 8.00. The third-order valence-electron chi connectivity index (χ3n) is 4.94. The first-order valence-electron chi connectivity index (χ1n) is 9.32. The fraction of sp³-hybridized carbons (Fsp3) is 0.474. The number of aryl methyl sites for hydroxylation is 1. The van der Waals surface area contributed by atoms with Gasteiger partial charge in [-0.05, 0) is 50.9 Å². The van der Waals surface area contributed by atoms with E-state index >= 15 is 0 Å². The van der Waals surface area contributed by atoms with Crippen LogP contribution < -0.4 is 10.6 Å². The lowest BCUT2D eigenvalue weighted by Gasteiger charge is -2.25. The molecule has 0 aliphatic carbocycles. The van der Waals surface area contributed by atoms with Crippen molar-refractivity contribution in [3.8, 4) is 0 Å². The van der Waals surface area contributed by atoms with Gasteiger partial charge in [-0.1, -0.05) is 24.3 Å². The number of nitrogens with two attached hydrogens (primary N) is 1. The summed E-state index contributed by atoms with van der Waals surface area (Å²) in [7, 11) is 0. The minimum atomic E-state index is -0.497. The second-order valence-electron chi connectivity index (χ2n) is 6.85. The van der Waals surface area contributed by atoms with Gasteiger partial charge in [-0.15, -0.1) is 0 Å². The summed E-state index contributed by atoms with van der Waals surface area (Å²) in [5.74, 6) is 0.617. The predicted molar refractivity (Wildman–Crippen MR) is 106 cm³/mol. The molecular weight excluding hydrogens is 344 g/mol. The highest BCUT2D eigenvalue weighted by Crippen LogP contribution is 2.32. The highest BCUT2D eigenvalue weighted by atomic mass is 16.6. The topological polar surface area (TPSA) is 101 Å². The van der Waals surface area contributed by atoms with Crippen molar-refractivity contribution in [3.05, 3.63) is 51.3 Å². The monoisotopic (exact) mass is 370 g/mol. The van der Waals surface area contributed by atoms with Crippen LogP contribution in [-0.2, 0) is 13.1 Å². The van der Waals surface area contributed by atoms with Crippen LogP contribution in [0.15, 0.2) is 24.3 Å². The SMILES string of the molecule is CCN(Cc1ccccc1CN1CCCC1)c1nc(C)nc(N)c1[N+](=O)[O-]. The van der Waals surface area contributed by atoms with E-state index in [1.807, 2.05) is 24.0 Å². The Labute approximate surface area is 159 Å². The minimum Gasteiger partial charge on any atom is -0.378 e. The van der Waals surface area contributed by atoms with Gasteiger partial charge in [0.2, 0.25) is 11.6 Å². The first kappa shape index (κ1) is 19.0. The van der Waals surface area contributed by atoms with Crippen LogP contribution in [0, 0.1) is 17.0 Å². The maximum absolute atomic E-state index is 11.5. The summed E-state index contributed by atoms with van der Waals surface area (Å²) < 4.78 is 0. The molecule has 1 aliphatic heterocycles. The largest absolute Gasteiger partial charge is 0.378 e. The van der Waals surface area contributed by atoms with E-state index in [-0.39, 0.29) is 17.3 Å². The van der Waals surface area contributed by atoms with Gasteiger partial charge in [0.1, 0.15) is 5.82 Å². The molecule has 0 atom stereocenters. The van der Waals surface area contributed by atoms with Gasteiger partial charge >= 0.3 is 5.69 Å². The fourth-order valence-corrected chi connectivity index (χ4v) is 3.56. The van der Waals surface area contributed by atoms with E-state index in [4.69, 9.17) is 5.73 Å². The third kappa shape index (κ3) is 4.33. The van der Waals surface area contributed by atoms with Crippen LogP contribution in [0.2, 0.25) is 0 Å². The van der Waals surface area contributed by atoms with E-state index in [0.717, 1.165) is 25.2 Å². The van der Waals surface area contributed by atoms with Crippen molar-refractivity contribution >= 4 is 17.3 Å². The molecule has 0 spiro atoms. The van der Waals surface area contributed by atoms with Crippen molar-refractivity contribution in [1.82, 2.24) is 14.9 Å². The molecule has 0 bridgehead atoms. The van der Waals surface area contributed by atoms with Crippen molar-refractivity contribution in [2.45, 2.75) is 39.8 Å². The summed E-state index contributed by atoms with van der Waals surface area (Å²) in [6, 6.07) is 8.26. The fourth-order valence-electron chi connectivity index (χ4n) is 3.56. The van der Waals surface area contributed by atoms with Crippen molar-refractivity contribution in [1.29, 1.82) is 0 Å². The quantitative estimate of drug-likeness (QED) is 0.590. The van der Waals surface area contributed by atoms with Gasteiger partial charge in [-0.2, -0.15) is 0 Å². The summed E-state index contributed by atoms with van der Waals surface area (Å²) in [6.45, 7) is 7.92. The van der Waals surface area contributed by atoms with Gasteiger partial charge in [0.15, 0.2) is 0 Å². The molecule has 0 saturated carbocycles. The molecule has 0 unspecified atom stereocenters. The van der Waals surface area contributed by atoms with Crippen LogP contribution in [0.4, 0.5) is 17.3 Å². The average molecular weight is 370 g/mol. The third-order valence-corrected chi connectivity index (χ3v) is 4.94. The molecule has 0 amide bonds. The number of anilines is 2. The molecule has 1 aliphatic rings. The van der Waals surface area contributed by atoms with Crippen LogP contribution in [-0.4, -0.2) is 39.4 Å². The molecule has 1 aromatic heterocycles. The normalized spacial score (nSPS) is 14.4. The molecule has 27 heavy (non-hydrogen) atoms. The Balaban J connectivity index is 1.91. The second kappa shape index (κ2) is 8.30. The molecule has 2 aromatic rings. The van der Waals surface area contributed by atoms with Gasteiger partial charge in [0.25, 0.3) is 0 Å². The lowest BCUT2D eigenvalue weighted by Crippen LogP contribution is -2.27. The average Bonchev–Trinajstić information content (AvgIpc) is 3.13. The Morgan fingerprint density at radius 2 is 1.89 bits per heavy atom. The predicted octanol–water partition coefficient (Wildman–Crippen LogP) is 2.90. The Kier molecular flexibility index (Phi) is 5.85. The standard InChI is InChI=1S/C19H26N6O2/c1-3-24(19-17(25(26)27)18(20)21-14(2)22-19)13-16-9-5-4-8-15(16)12-23-10-6-7-11-23/h4-5,8-9H,3,6-7,10-13H2,1-2H3,(H2,20,21,22). The van der Waals surface area contributed by atoms with Crippen LogP contribution >= 0.6 is 0 Å². The molecule has 2 N–H and O–H groups in total. The molecule has 0 radical (unpaired) electrons. The highest BCUT2D eigenvalue weighted by molar-refractivity contribution is 5.69. The molecule has 3 rings (SSSR count). The molecule has 8 heteroatoms. The van der Waals surface area contributed by atoms with Gasteiger partial charge in [0.05, 0.1) is 4.92 Å². The van der Waals surface area contributed by atoms with Crippen molar-refractivity contribution < 1.29 is 4.92 Å².